The summed E-state index contributed by atoms with van der Waals surface area (Å²) in [6, 6.07) is 0. The first-order chi connectivity index (χ1) is 5.00. The Labute approximate surface area is 62.1 Å². The number of rotatable bonds is 0. The SMILES string of the molecule is C1=C\C=C\NCCC/C=C/1. The maximum atomic E-state index is 3.19. The van der Waals surface area contributed by atoms with Crippen LogP contribution in [0.3, 0.4) is 0 Å². The van der Waals surface area contributed by atoms with Crippen LogP contribution in [0.2, 0.25) is 0 Å². The van der Waals surface area contributed by atoms with E-state index in [2.05, 4.69) is 17.5 Å². The van der Waals surface area contributed by atoms with Crippen LogP contribution >= 0.6 is 0 Å². The molecule has 0 amide bonds. The zero-order chi connectivity index (χ0) is 7.07. The molecule has 0 bridgehead atoms. The molecule has 0 saturated carbocycles. The van der Waals surface area contributed by atoms with Gasteiger partial charge < -0.3 is 5.32 Å². The van der Waals surface area contributed by atoms with Crippen molar-refractivity contribution in [3.05, 3.63) is 36.6 Å². The summed E-state index contributed by atoms with van der Waals surface area (Å²) in [7, 11) is 0. The Morgan fingerprint density at radius 2 is 1.90 bits per heavy atom. The smallest absolute Gasteiger partial charge is 0.0144 e. The van der Waals surface area contributed by atoms with E-state index in [1.165, 1.54) is 12.8 Å². The number of allylic oxidation sites excluding steroid dienone is 5. The van der Waals surface area contributed by atoms with Crippen molar-refractivity contribution in [1.82, 2.24) is 5.32 Å². The van der Waals surface area contributed by atoms with Crippen molar-refractivity contribution in [2.75, 3.05) is 6.54 Å². The zero-order valence-corrected chi connectivity index (χ0v) is 6.09. The highest BCUT2D eigenvalue weighted by Gasteiger charge is 1.80. The molecule has 0 unspecified atom stereocenters. The maximum absolute atomic E-state index is 3.19. The molecule has 0 radical (unpaired) electrons. The first-order valence-electron chi connectivity index (χ1n) is 3.72. The molecule has 1 rings (SSSR count). The van der Waals surface area contributed by atoms with Crippen molar-refractivity contribution in [3.8, 4) is 0 Å². The Morgan fingerprint density at radius 1 is 1.00 bits per heavy atom. The predicted molar refractivity (Wildman–Crippen MR) is 44.7 cm³/mol. The van der Waals surface area contributed by atoms with Crippen LogP contribution in [0.15, 0.2) is 36.6 Å². The first kappa shape index (κ1) is 7.13. The molecule has 1 nitrogen and oxygen atoms in total. The molecule has 0 aromatic heterocycles. The predicted octanol–water partition coefficient (Wildman–Crippen LogP) is 2.00. The Morgan fingerprint density at radius 3 is 2.90 bits per heavy atom. The van der Waals surface area contributed by atoms with Gasteiger partial charge in [-0.2, -0.15) is 0 Å². The molecule has 54 valence electrons. The van der Waals surface area contributed by atoms with Crippen molar-refractivity contribution in [1.29, 1.82) is 0 Å². The molecule has 1 heterocycles. The van der Waals surface area contributed by atoms with Crippen LogP contribution in [0.4, 0.5) is 0 Å². The highest BCUT2D eigenvalue weighted by Crippen LogP contribution is 1.91. The summed E-state index contributed by atoms with van der Waals surface area (Å²) in [5.74, 6) is 0. The highest BCUT2D eigenvalue weighted by molar-refractivity contribution is 5.11. The van der Waals surface area contributed by atoms with Gasteiger partial charge in [0, 0.05) is 6.54 Å². The van der Waals surface area contributed by atoms with Crippen molar-refractivity contribution < 1.29 is 0 Å². The van der Waals surface area contributed by atoms with Crippen molar-refractivity contribution >= 4 is 0 Å². The van der Waals surface area contributed by atoms with Crippen LogP contribution in [-0.2, 0) is 0 Å². The van der Waals surface area contributed by atoms with Gasteiger partial charge in [-0.25, -0.2) is 0 Å². The van der Waals surface area contributed by atoms with Gasteiger partial charge in [0.05, 0.1) is 0 Å². The molecule has 0 atom stereocenters. The van der Waals surface area contributed by atoms with E-state index in [0.717, 1.165) is 6.54 Å². The molecule has 1 N–H and O–H groups in total. The molecule has 0 fully saturated rings. The van der Waals surface area contributed by atoms with Gasteiger partial charge in [0.2, 0.25) is 0 Å². The van der Waals surface area contributed by atoms with Gasteiger partial charge in [-0.15, -0.1) is 0 Å². The minimum Gasteiger partial charge on any atom is -0.391 e. The molecule has 0 aromatic carbocycles. The van der Waals surface area contributed by atoms with Crippen LogP contribution in [0.25, 0.3) is 0 Å². The number of hydrogen-bond donors (Lipinski definition) is 1. The summed E-state index contributed by atoms with van der Waals surface area (Å²) in [5.41, 5.74) is 0. The van der Waals surface area contributed by atoms with Crippen LogP contribution in [0, 0.1) is 0 Å². The lowest BCUT2D eigenvalue weighted by Crippen LogP contribution is -2.05. The lowest BCUT2D eigenvalue weighted by Gasteiger charge is -1.97. The van der Waals surface area contributed by atoms with E-state index in [1.54, 1.807) is 0 Å². The molecule has 1 heteroatoms. The van der Waals surface area contributed by atoms with Crippen molar-refractivity contribution in [3.63, 3.8) is 0 Å². The lowest BCUT2D eigenvalue weighted by atomic mass is 10.2. The second-order valence-corrected chi connectivity index (χ2v) is 2.27. The van der Waals surface area contributed by atoms with E-state index in [1.807, 2.05) is 24.4 Å². The third-order valence-corrected chi connectivity index (χ3v) is 1.38. The van der Waals surface area contributed by atoms with Gasteiger partial charge in [-0.1, -0.05) is 24.3 Å². The fourth-order valence-electron chi connectivity index (χ4n) is 0.832. The minimum absolute atomic E-state index is 1.08. The van der Waals surface area contributed by atoms with Gasteiger partial charge in [0.1, 0.15) is 0 Å². The van der Waals surface area contributed by atoms with Crippen molar-refractivity contribution in [2.45, 2.75) is 12.8 Å². The second kappa shape index (κ2) is 4.86. The van der Waals surface area contributed by atoms with Gasteiger partial charge in [0.15, 0.2) is 0 Å². The average molecular weight is 135 g/mol. The fourth-order valence-corrected chi connectivity index (χ4v) is 0.832. The Kier molecular flexibility index (Phi) is 3.46. The highest BCUT2D eigenvalue weighted by atomic mass is 14.8. The molecule has 1 aliphatic rings. The van der Waals surface area contributed by atoms with Gasteiger partial charge in [0.25, 0.3) is 0 Å². The normalized spacial score (nSPS) is 28.0. The minimum atomic E-state index is 1.08. The second-order valence-electron chi connectivity index (χ2n) is 2.27. The quantitative estimate of drug-likeness (QED) is 0.535. The number of hydrogen-bond acceptors (Lipinski definition) is 1. The van der Waals surface area contributed by atoms with E-state index in [-0.39, 0.29) is 0 Å². The van der Waals surface area contributed by atoms with E-state index in [9.17, 15) is 0 Å². The van der Waals surface area contributed by atoms with E-state index in [4.69, 9.17) is 0 Å². The summed E-state index contributed by atoms with van der Waals surface area (Å²) >= 11 is 0. The lowest BCUT2D eigenvalue weighted by molar-refractivity contribution is 0.764. The van der Waals surface area contributed by atoms with Crippen LogP contribution < -0.4 is 5.32 Å². The molecule has 1 aliphatic heterocycles. The Hall–Kier alpha value is -0.980. The molecule has 0 spiro atoms. The van der Waals surface area contributed by atoms with Gasteiger partial charge >= 0.3 is 0 Å². The largest absolute Gasteiger partial charge is 0.391 e. The van der Waals surface area contributed by atoms with Crippen LogP contribution in [-0.4, -0.2) is 6.54 Å². The van der Waals surface area contributed by atoms with Crippen molar-refractivity contribution in [2.24, 2.45) is 0 Å². The number of nitrogens with one attached hydrogen (secondary N) is 1. The summed E-state index contributed by atoms with van der Waals surface area (Å²) in [6.45, 7) is 1.08. The van der Waals surface area contributed by atoms with E-state index < -0.39 is 0 Å². The Balaban J connectivity index is 2.40. The Bertz CT molecular complexity index is 136. The molecular weight excluding hydrogens is 122 g/mol. The molecule has 0 aromatic rings. The molecule has 0 aliphatic carbocycles. The van der Waals surface area contributed by atoms with Gasteiger partial charge in [-0.05, 0) is 25.1 Å². The topological polar surface area (TPSA) is 12.0 Å². The maximum Gasteiger partial charge on any atom is 0.0144 e. The van der Waals surface area contributed by atoms with E-state index >= 15 is 0 Å². The first-order valence-corrected chi connectivity index (χ1v) is 3.72. The molecular formula is C9H13N. The summed E-state index contributed by atoms with van der Waals surface area (Å²) < 4.78 is 0. The molecule has 0 saturated heterocycles. The zero-order valence-electron chi connectivity index (χ0n) is 6.09. The van der Waals surface area contributed by atoms with Crippen LogP contribution in [0.1, 0.15) is 12.8 Å². The summed E-state index contributed by atoms with van der Waals surface area (Å²) in [5, 5.41) is 3.19. The van der Waals surface area contributed by atoms with E-state index in [0.29, 0.717) is 0 Å². The van der Waals surface area contributed by atoms with Crippen LogP contribution in [0.5, 0.6) is 0 Å². The standard InChI is InChI=1S/C9H13N/c1-2-4-6-8-10-9-7-5-3-1/h1-4,6,8,10H,5,7,9H2/b3-1+,4-2-,8-6+. The third kappa shape index (κ3) is 3.13. The third-order valence-electron chi connectivity index (χ3n) is 1.38. The summed E-state index contributed by atoms with van der Waals surface area (Å²) in [6.07, 6.45) is 14.7. The van der Waals surface area contributed by atoms with Gasteiger partial charge in [-0.3, -0.25) is 0 Å². The monoisotopic (exact) mass is 135 g/mol. The summed E-state index contributed by atoms with van der Waals surface area (Å²) in [4.78, 5) is 0. The molecule has 10 heavy (non-hydrogen) atoms. The fraction of sp³-hybridized carbons (Fsp3) is 0.333. The average Bonchev–Trinajstić information content (AvgIpc) is 2.01.